The third-order valence-corrected chi connectivity index (χ3v) is 3.20. The molecule has 7 nitrogen and oxygen atoms in total. The lowest BCUT2D eigenvalue weighted by Gasteiger charge is -2.24. The zero-order chi connectivity index (χ0) is 15.4. The summed E-state index contributed by atoms with van der Waals surface area (Å²) in [5.41, 5.74) is 6.60. The number of rotatable bonds is 6. The molecule has 1 aromatic rings. The van der Waals surface area contributed by atoms with Crippen LogP contribution in [-0.2, 0) is 4.74 Å². The molecule has 0 bridgehead atoms. The smallest absolute Gasteiger partial charge is 0.346 e. The van der Waals surface area contributed by atoms with Gasteiger partial charge in [0.2, 0.25) is 0 Å². The predicted molar refractivity (Wildman–Crippen MR) is 77.6 cm³/mol. The minimum absolute atomic E-state index is 0.0453. The van der Waals surface area contributed by atoms with Crippen molar-refractivity contribution in [1.82, 2.24) is 4.90 Å². The van der Waals surface area contributed by atoms with Crippen LogP contribution in [0.5, 0.6) is 11.5 Å². The molecule has 2 amide bonds. The fourth-order valence-corrected chi connectivity index (χ4v) is 2.24. The van der Waals surface area contributed by atoms with Gasteiger partial charge in [-0.1, -0.05) is 6.07 Å². The van der Waals surface area contributed by atoms with E-state index in [1.54, 1.807) is 19.2 Å². The summed E-state index contributed by atoms with van der Waals surface area (Å²) in [6.07, 6.45) is 0. The van der Waals surface area contributed by atoms with Crippen LogP contribution in [0.4, 0.5) is 4.79 Å². The zero-order valence-corrected chi connectivity index (χ0v) is 12.1. The summed E-state index contributed by atoms with van der Waals surface area (Å²) in [5, 5.41) is 9.75. The van der Waals surface area contributed by atoms with Crippen molar-refractivity contribution in [2.45, 2.75) is 13.0 Å². The highest BCUT2D eigenvalue weighted by Crippen LogP contribution is 2.33. The maximum Gasteiger partial charge on any atom is 0.346 e. The second-order valence-corrected chi connectivity index (χ2v) is 4.57. The maximum absolute atomic E-state index is 11.9. The molecule has 0 aliphatic carbocycles. The maximum atomic E-state index is 11.9. The van der Waals surface area contributed by atoms with Crippen LogP contribution >= 0.6 is 0 Å². The van der Waals surface area contributed by atoms with E-state index in [2.05, 4.69) is 4.99 Å². The number of methoxy groups -OCH3 is 1. The number of hydrogen-bond acceptors (Lipinski definition) is 5. The number of urea groups is 1. The van der Waals surface area contributed by atoms with E-state index in [4.69, 9.17) is 15.2 Å². The molecule has 2 rings (SSSR count). The Kier molecular flexibility index (Phi) is 4.64. The minimum atomic E-state index is -0.465. The van der Waals surface area contributed by atoms with Crippen molar-refractivity contribution >= 4 is 11.9 Å². The summed E-state index contributed by atoms with van der Waals surface area (Å²) in [4.78, 5) is 17.2. The van der Waals surface area contributed by atoms with Crippen LogP contribution in [0.3, 0.4) is 0 Å². The van der Waals surface area contributed by atoms with Crippen molar-refractivity contribution in [3.63, 3.8) is 0 Å². The van der Waals surface area contributed by atoms with Crippen molar-refractivity contribution < 1.29 is 19.4 Å². The van der Waals surface area contributed by atoms with Crippen molar-refractivity contribution in [1.29, 1.82) is 0 Å². The van der Waals surface area contributed by atoms with Crippen LogP contribution in [0.25, 0.3) is 0 Å². The molecule has 0 fully saturated rings. The number of aromatic hydroxyl groups is 1. The van der Waals surface area contributed by atoms with Gasteiger partial charge in [-0.25, -0.2) is 4.79 Å². The molecule has 21 heavy (non-hydrogen) atoms. The Labute approximate surface area is 123 Å². The molecular formula is C14H19N3O4. The highest BCUT2D eigenvalue weighted by Gasteiger charge is 2.34. The number of nitrogens with zero attached hydrogens (tertiary/aromatic N) is 2. The number of amidine groups is 1. The molecule has 1 aromatic carbocycles. The van der Waals surface area contributed by atoms with Gasteiger partial charge in [0.05, 0.1) is 13.2 Å². The Morgan fingerprint density at radius 1 is 1.48 bits per heavy atom. The fourth-order valence-electron chi connectivity index (χ4n) is 2.24. The zero-order valence-electron chi connectivity index (χ0n) is 12.1. The van der Waals surface area contributed by atoms with Crippen LogP contribution in [-0.4, -0.2) is 48.7 Å². The van der Waals surface area contributed by atoms with E-state index in [-0.39, 0.29) is 17.6 Å². The molecule has 0 saturated carbocycles. The SMILES string of the molecule is CCOc1cc(C2C(N)=NC(=O)N2CCOC)ccc1O. The van der Waals surface area contributed by atoms with E-state index in [0.717, 1.165) is 5.56 Å². The lowest BCUT2D eigenvalue weighted by atomic mass is 10.0. The molecule has 7 heteroatoms. The number of phenolic OH excluding ortho intramolecular Hbond substituents is 1. The first-order valence-corrected chi connectivity index (χ1v) is 6.67. The normalized spacial score (nSPS) is 18.0. The van der Waals surface area contributed by atoms with Crippen LogP contribution in [0.1, 0.15) is 18.5 Å². The molecule has 1 aliphatic rings. The Hall–Kier alpha value is -2.28. The fraction of sp³-hybridized carbons (Fsp3) is 0.429. The molecule has 3 N–H and O–H groups in total. The number of nitrogens with two attached hydrogens (primary N) is 1. The van der Waals surface area contributed by atoms with E-state index in [9.17, 15) is 9.90 Å². The molecule has 1 atom stereocenters. The molecule has 0 spiro atoms. The third-order valence-electron chi connectivity index (χ3n) is 3.20. The molecule has 0 saturated heterocycles. The van der Waals surface area contributed by atoms with Crippen LogP contribution < -0.4 is 10.5 Å². The monoisotopic (exact) mass is 293 g/mol. The number of carbonyl (C=O) groups excluding carboxylic acids is 1. The Balaban J connectivity index is 2.31. The van der Waals surface area contributed by atoms with Gasteiger partial charge in [-0.05, 0) is 24.6 Å². The summed E-state index contributed by atoms with van der Waals surface area (Å²) >= 11 is 0. The van der Waals surface area contributed by atoms with Gasteiger partial charge in [-0.2, -0.15) is 4.99 Å². The van der Waals surface area contributed by atoms with Crippen LogP contribution in [0.2, 0.25) is 0 Å². The molecule has 1 unspecified atom stereocenters. The van der Waals surface area contributed by atoms with Crippen LogP contribution in [0, 0.1) is 0 Å². The number of amides is 2. The second kappa shape index (κ2) is 6.45. The van der Waals surface area contributed by atoms with Gasteiger partial charge in [0, 0.05) is 13.7 Å². The minimum Gasteiger partial charge on any atom is -0.504 e. The van der Waals surface area contributed by atoms with E-state index >= 15 is 0 Å². The Morgan fingerprint density at radius 3 is 2.90 bits per heavy atom. The number of ether oxygens (including phenoxy) is 2. The average Bonchev–Trinajstić information content (AvgIpc) is 2.73. The number of carbonyl (C=O) groups is 1. The van der Waals surface area contributed by atoms with Crippen LogP contribution in [0.15, 0.2) is 23.2 Å². The van der Waals surface area contributed by atoms with Gasteiger partial charge in [0.15, 0.2) is 11.5 Å². The lowest BCUT2D eigenvalue weighted by Crippen LogP contribution is -2.35. The highest BCUT2D eigenvalue weighted by atomic mass is 16.5. The molecule has 114 valence electrons. The number of phenols is 1. The summed E-state index contributed by atoms with van der Waals surface area (Å²) in [6.45, 7) is 3.03. The number of benzene rings is 1. The van der Waals surface area contributed by atoms with Gasteiger partial charge in [-0.15, -0.1) is 0 Å². The molecule has 0 radical (unpaired) electrons. The van der Waals surface area contributed by atoms with Gasteiger partial charge < -0.3 is 25.2 Å². The second-order valence-electron chi connectivity index (χ2n) is 4.57. The lowest BCUT2D eigenvalue weighted by molar-refractivity contribution is 0.150. The summed E-state index contributed by atoms with van der Waals surface area (Å²) in [5.74, 6) is 0.627. The van der Waals surface area contributed by atoms with Crippen molar-refractivity contribution in [2.24, 2.45) is 10.7 Å². The quantitative estimate of drug-likeness (QED) is 0.823. The van der Waals surface area contributed by atoms with Gasteiger partial charge in [-0.3, -0.25) is 0 Å². The number of hydrogen-bond donors (Lipinski definition) is 2. The van der Waals surface area contributed by atoms with Gasteiger partial charge in [0.25, 0.3) is 0 Å². The van der Waals surface area contributed by atoms with Crippen molar-refractivity contribution in [2.75, 3.05) is 26.9 Å². The first-order chi connectivity index (χ1) is 10.1. The molecule has 1 aliphatic heterocycles. The summed E-state index contributed by atoms with van der Waals surface area (Å²) in [7, 11) is 1.56. The predicted octanol–water partition coefficient (Wildman–Crippen LogP) is 1.27. The molecular weight excluding hydrogens is 274 g/mol. The van der Waals surface area contributed by atoms with Crippen molar-refractivity contribution in [3.8, 4) is 11.5 Å². The van der Waals surface area contributed by atoms with E-state index in [0.29, 0.717) is 25.5 Å². The third kappa shape index (κ3) is 3.08. The topological polar surface area (TPSA) is 97.4 Å². The highest BCUT2D eigenvalue weighted by molar-refractivity contribution is 6.03. The summed E-state index contributed by atoms with van der Waals surface area (Å²) in [6, 6.07) is 4.03. The van der Waals surface area contributed by atoms with Gasteiger partial charge in [0.1, 0.15) is 11.9 Å². The Bertz CT molecular complexity index is 559. The van der Waals surface area contributed by atoms with E-state index in [1.807, 2.05) is 6.92 Å². The first kappa shape index (κ1) is 15.1. The average molecular weight is 293 g/mol. The molecule has 0 aromatic heterocycles. The largest absolute Gasteiger partial charge is 0.504 e. The van der Waals surface area contributed by atoms with E-state index in [1.165, 1.54) is 11.0 Å². The van der Waals surface area contributed by atoms with E-state index < -0.39 is 6.04 Å². The van der Waals surface area contributed by atoms with Gasteiger partial charge >= 0.3 is 6.03 Å². The number of aliphatic imine (C=N–C) groups is 1. The standard InChI is InChI=1S/C14H19N3O4/c1-3-21-11-8-9(4-5-10(11)18)12-13(15)16-14(19)17(12)6-7-20-2/h4-5,8,12,18H,3,6-7H2,1-2H3,(H2,15,16,19). The molecule has 1 heterocycles. The Morgan fingerprint density at radius 2 is 2.24 bits per heavy atom. The first-order valence-electron chi connectivity index (χ1n) is 6.67. The summed E-state index contributed by atoms with van der Waals surface area (Å²) < 4.78 is 10.4. The van der Waals surface area contributed by atoms with Crippen molar-refractivity contribution in [3.05, 3.63) is 23.8 Å².